The van der Waals surface area contributed by atoms with Crippen LogP contribution in [-0.4, -0.2) is 39.5 Å². The predicted octanol–water partition coefficient (Wildman–Crippen LogP) is 2.54. The normalized spacial score (nSPS) is 11.2. The molecular formula is C21H28N4O4S. The van der Waals surface area contributed by atoms with Gasteiger partial charge in [-0.25, -0.2) is 17.9 Å². The third kappa shape index (κ3) is 6.57. The van der Waals surface area contributed by atoms with E-state index in [9.17, 15) is 18.0 Å². The van der Waals surface area contributed by atoms with Crippen LogP contribution < -0.4 is 20.7 Å². The van der Waals surface area contributed by atoms with Crippen LogP contribution in [0.2, 0.25) is 0 Å². The van der Waals surface area contributed by atoms with Crippen LogP contribution in [0.25, 0.3) is 0 Å². The van der Waals surface area contributed by atoms with E-state index in [1.807, 2.05) is 26.8 Å². The lowest BCUT2D eigenvalue weighted by Crippen LogP contribution is -2.36. The SMILES string of the molecule is Cc1ccc(C)c(S(=O)(=O)NCCNC(=O)c2ccccc2NC(=O)NC(C)C)c1. The second kappa shape index (κ2) is 10.2. The van der Waals surface area contributed by atoms with E-state index in [4.69, 9.17) is 0 Å². The first-order chi connectivity index (χ1) is 14.1. The van der Waals surface area contributed by atoms with E-state index in [0.717, 1.165) is 5.56 Å². The molecule has 4 N–H and O–H groups in total. The summed E-state index contributed by atoms with van der Waals surface area (Å²) in [4.78, 5) is 24.6. The summed E-state index contributed by atoms with van der Waals surface area (Å²) < 4.78 is 27.5. The summed E-state index contributed by atoms with van der Waals surface area (Å²) in [5.74, 6) is -0.415. The summed E-state index contributed by atoms with van der Waals surface area (Å²) in [6.45, 7) is 7.34. The number of carbonyl (C=O) groups excluding carboxylic acids is 2. The van der Waals surface area contributed by atoms with Crippen molar-refractivity contribution in [3.05, 3.63) is 59.2 Å². The molecule has 30 heavy (non-hydrogen) atoms. The van der Waals surface area contributed by atoms with Crippen LogP contribution in [-0.2, 0) is 10.0 Å². The molecule has 0 aliphatic carbocycles. The lowest BCUT2D eigenvalue weighted by Gasteiger charge is -2.14. The number of anilines is 1. The zero-order valence-electron chi connectivity index (χ0n) is 17.6. The van der Waals surface area contributed by atoms with Crippen molar-refractivity contribution in [1.82, 2.24) is 15.4 Å². The third-order valence-corrected chi connectivity index (χ3v) is 5.78. The van der Waals surface area contributed by atoms with Crippen LogP contribution in [0.15, 0.2) is 47.4 Å². The molecule has 162 valence electrons. The molecule has 3 amide bonds. The summed E-state index contributed by atoms with van der Waals surface area (Å²) in [5, 5.41) is 8.01. The highest BCUT2D eigenvalue weighted by atomic mass is 32.2. The van der Waals surface area contributed by atoms with Gasteiger partial charge in [0.1, 0.15) is 0 Å². The molecule has 0 bridgehead atoms. The Morgan fingerprint density at radius 3 is 2.40 bits per heavy atom. The highest BCUT2D eigenvalue weighted by Gasteiger charge is 2.17. The zero-order valence-corrected chi connectivity index (χ0v) is 18.4. The molecule has 0 aliphatic rings. The molecule has 0 unspecified atom stereocenters. The number of urea groups is 1. The molecular weight excluding hydrogens is 404 g/mol. The van der Waals surface area contributed by atoms with E-state index in [2.05, 4.69) is 20.7 Å². The monoisotopic (exact) mass is 432 g/mol. The van der Waals surface area contributed by atoms with Crippen molar-refractivity contribution in [3.63, 3.8) is 0 Å². The van der Waals surface area contributed by atoms with E-state index in [0.29, 0.717) is 11.3 Å². The van der Waals surface area contributed by atoms with E-state index in [1.165, 1.54) is 0 Å². The fraction of sp³-hybridized carbons (Fsp3) is 0.333. The van der Waals surface area contributed by atoms with Gasteiger partial charge in [0, 0.05) is 19.1 Å². The molecule has 0 aromatic heterocycles. The van der Waals surface area contributed by atoms with Crippen molar-refractivity contribution in [2.24, 2.45) is 0 Å². The minimum Gasteiger partial charge on any atom is -0.351 e. The second-order valence-corrected chi connectivity index (χ2v) is 8.96. The predicted molar refractivity (Wildman–Crippen MR) is 117 cm³/mol. The van der Waals surface area contributed by atoms with Crippen LogP contribution in [0.5, 0.6) is 0 Å². The van der Waals surface area contributed by atoms with Crippen LogP contribution >= 0.6 is 0 Å². The Bertz CT molecular complexity index is 1020. The minimum absolute atomic E-state index is 0.0326. The largest absolute Gasteiger partial charge is 0.351 e. The summed E-state index contributed by atoms with van der Waals surface area (Å²) >= 11 is 0. The molecule has 2 aromatic rings. The van der Waals surface area contributed by atoms with E-state index < -0.39 is 22.0 Å². The Labute approximate surface area is 177 Å². The molecule has 0 saturated carbocycles. The summed E-state index contributed by atoms with van der Waals surface area (Å²) in [7, 11) is -3.68. The molecule has 2 rings (SSSR count). The van der Waals surface area contributed by atoms with E-state index >= 15 is 0 Å². The first-order valence-electron chi connectivity index (χ1n) is 9.62. The van der Waals surface area contributed by atoms with Gasteiger partial charge in [0.15, 0.2) is 0 Å². The number of hydrogen-bond donors (Lipinski definition) is 4. The lowest BCUT2D eigenvalue weighted by molar-refractivity contribution is 0.0955. The van der Waals surface area contributed by atoms with Gasteiger partial charge >= 0.3 is 6.03 Å². The van der Waals surface area contributed by atoms with Crippen LogP contribution in [0.4, 0.5) is 10.5 Å². The molecule has 0 heterocycles. The van der Waals surface area contributed by atoms with Crippen molar-refractivity contribution in [2.45, 2.75) is 38.6 Å². The number of carbonyl (C=O) groups is 2. The number of para-hydroxylation sites is 1. The summed E-state index contributed by atoms with van der Waals surface area (Å²) in [6, 6.07) is 11.4. The van der Waals surface area contributed by atoms with Crippen molar-refractivity contribution in [2.75, 3.05) is 18.4 Å². The van der Waals surface area contributed by atoms with Crippen molar-refractivity contribution >= 4 is 27.6 Å². The molecule has 0 spiro atoms. The second-order valence-electron chi connectivity index (χ2n) is 7.22. The molecule has 0 atom stereocenters. The maximum Gasteiger partial charge on any atom is 0.319 e. The van der Waals surface area contributed by atoms with E-state index in [1.54, 1.807) is 43.3 Å². The minimum atomic E-state index is -3.68. The Morgan fingerprint density at radius 2 is 1.70 bits per heavy atom. The van der Waals surface area contributed by atoms with Gasteiger partial charge in [-0.15, -0.1) is 0 Å². The van der Waals surface area contributed by atoms with Gasteiger partial charge in [-0.3, -0.25) is 4.79 Å². The number of aryl methyl sites for hydroxylation is 2. The first-order valence-corrected chi connectivity index (χ1v) is 11.1. The van der Waals surface area contributed by atoms with Crippen LogP contribution in [0, 0.1) is 13.8 Å². The number of benzene rings is 2. The fourth-order valence-electron chi connectivity index (χ4n) is 2.74. The molecule has 0 fully saturated rings. The average Bonchev–Trinajstić information content (AvgIpc) is 2.66. The maximum atomic E-state index is 12.5. The topological polar surface area (TPSA) is 116 Å². The quantitative estimate of drug-likeness (QED) is 0.480. The highest BCUT2D eigenvalue weighted by molar-refractivity contribution is 7.89. The number of nitrogens with one attached hydrogen (secondary N) is 4. The molecule has 2 aromatic carbocycles. The highest BCUT2D eigenvalue weighted by Crippen LogP contribution is 2.17. The van der Waals surface area contributed by atoms with Gasteiger partial charge in [0.25, 0.3) is 5.91 Å². The van der Waals surface area contributed by atoms with Gasteiger partial charge in [-0.05, 0) is 57.0 Å². The molecule has 9 heteroatoms. The van der Waals surface area contributed by atoms with Gasteiger partial charge in [-0.2, -0.15) is 0 Å². The summed E-state index contributed by atoms with van der Waals surface area (Å²) in [5.41, 5.74) is 2.15. The van der Waals surface area contributed by atoms with Crippen molar-refractivity contribution in [1.29, 1.82) is 0 Å². The zero-order chi connectivity index (χ0) is 22.3. The standard InChI is InChI=1S/C21H28N4O4S/c1-14(2)24-21(27)25-18-8-6-5-7-17(18)20(26)22-11-12-23-30(28,29)19-13-15(3)9-10-16(19)4/h5-10,13-14,23H,11-12H2,1-4H3,(H,22,26)(H2,24,25,27). The number of rotatable bonds is 8. The number of hydrogen-bond acceptors (Lipinski definition) is 4. The number of sulfonamides is 1. The average molecular weight is 433 g/mol. The summed E-state index contributed by atoms with van der Waals surface area (Å²) in [6.07, 6.45) is 0. The Morgan fingerprint density at radius 1 is 1.00 bits per heavy atom. The van der Waals surface area contributed by atoms with Crippen LogP contribution in [0.3, 0.4) is 0 Å². The first kappa shape index (κ1) is 23.4. The van der Waals surface area contributed by atoms with Gasteiger partial charge in [-0.1, -0.05) is 24.3 Å². The van der Waals surface area contributed by atoms with Gasteiger partial charge in [0.05, 0.1) is 16.1 Å². The molecule has 0 saturated heterocycles. The van der Waals surface area contributed by atoms with Gasteiger partial charge in [0.2, 0.25) is 10.0 Å². The molecule has 0 radical (unpaired) electrons. The number of amides is 3. The van der Waals surface area contributed by atoms with Crippen molar-refractivity contribution < 1.29 is 18.0 Å². The van der Waals surface area contributed by atoms with Gasteiger partial charge < -0.3 is 16.0 Å². The third-order valence-electron chi connectivity index (χ3n) is 4.18. The van der Waals surface area contributed by atoms with Crippen molar-refractivity contribution in [3.8, 4) is 0 Å². The Kier molecular flexibility index (Phi) is 7.96. The smallest absolute Gasteiger partial charge is 0.319 e. The molecule has 0 aliphatic heterocycles. The molecule has 8 nitrogen and oxygen atoms in total. The lowest BCUT2D eigenvalue weighted by atomic mass is 10.1. The van der Waals surface area contributed by atoms with E-state index in [-0.39, 0.29) is 29.6 Å². The maximum absolute atomic E-state index is 12.5. The van der Waals surface area contributed by atoms with Crippen LogP contribution in [0.1, 0.15) is 35.3 Å². The fourth-order valence-corrected chi connectivity index (χ4v) is 4.10. The Balaban J connectivity index is 1.95. The Hall–Kier alpha value is -2.91.